The van der Waals surface area contributed by atoms with Gasteiger partial charge < -0.3 is 5.32 Å². The maximum absolute atomic E-state index is 12.3. The Hall–Kier alpha value is -1.88. The molecule has 1 aromatic heterocycles. The van der Waals surface area contributed by atoms with Gasteiger partial charge in [-0.2, -0.15) is 0 Å². The summed E-state index contributed by atoms with van der Waals surface area (Å²) in [5.74, 6) is -0.113. The molecule has 0 aliphatic rings. The fraction of sp³-hybridized carbons (Fsp3) is 0.375. The van der Waals surface area contributed by atoms with Gasteiger partial charge in [-0.25, -0.2) is 4.98 Å². The zero-order valence-electron chi connectivity index (χ0n) is 12.9. The van der Waals surface area contributed by atoms with Gasteiger partial charge in [0.1, 0.15) is 0 Å². The smallest absolute Gasteiger partial charge is 0.257 e. The summed E-state index contributed by atoms with van der Waals surface area (Å²) in [7, 11) is 0. The average molecular weight is 303 g/mol. The van der Waals surface area contributed by atoms with E-state index in [1.54, 1.807) is 0 Å². The van der Waals surface area contributed by atoms with Crippen molar-refractivity contribution >= 4 is 28.1 Å². The quantitative estimate of drug-likeness (QED) is 0.877. The van der Waals surface area contributed by atoms with Crippen LogP contribution in [0.1, 0.15) is 40.3 Å². The normalized spacial score (nSPS) is 10.5. The summed E-state index contributed by atoms with van der Waals surface area (Å²) in [4.78, 5) is 17.9. The van der Waals surface area contributed by atoms with Gasteiger partial charge in [-0.05, 0) is 51.0 Å². The lowest BCUT2D eigenvalue weighted by Crippen LogP contribution is -2.12. The second kappa shape index (κ2) is 6.72. The van der Waals surface area contributed by atoms with Crippen molar-refractivity contribution in [1.29, 1.82) is 0 Å². The number of hydrogen-bond donors (Lipinski definition) is 2. The molecule has 0 aliphatic heterocycles. The largest absolute Gasteiger partial charge is 0.385 e. The van der Waals surface area contributed by atoms with Crippen LogP contribution in [0.5, 0.6) is 0 Å². The molecule has 21 heavy (non-hydrogen) atoms. The number of rotatable bonds is 5. The minimum atomic E-state index is -0.113. The van der Waals surface area contributed by atoms with E-state index in [1.807, 2.05) is 32.0 Å². The summed E-state index contributed by atoms with van der Waals surface area (Å²) in [5.41, 5.74) is 3.83. The minimum absolute atomic E-state index is 0.113. The molecule has 1 aromatic carbocycles. The van der Waals surface area contributed by atoms with Crippen molar-refractivity contribution in [2.24, 2.45) is 0 Å². The first-order valence-corrected chi connectivity index (χ1v) is 7.99. The number of carbonyl (C=O) groups excluding carboxylic acids is 1. The van der Waals surface area contributed by atoms with Crippen molar-refractivity contribution in [3.05, 3.63) is 39.9 Å². The van der Waals surface area contributed by atoms with Crippen LogP contribution in [0.2, 0.25) is 0 Å². The summed E-state index contributed by atoms with van der Waals surface area (Å²) >= 11 is 1.52. The lowest BCUT2D eigenvalue weighted by Gasteiger charge is -2.09. The summed E-state index contributed by atoms with van der Waals surface area (Å²) in [5, 5.41) is 6.82. The molecule has 0 spiro atoms. The lowest BCUT2D eigenvalue weighted by molar-refractivity contribution is 0.102. The molecular weight excluding hydrogens is 282 g/mol. The van der Waals surface area contributed by atoms with E-state index < -0.39 is 0 Å². The van der Waals surface area contributed by atoms with Crippen molar-refractivity contribution in [2.45, 2.75) is 34.1 Å². The maximum atomic E-state index is 12.3. The van der Waals surface area contributed by atoms with Gasteiger partial charge in [-0.1, -0.05) is 6.92 Å². The molecule has 2 rings (SSSR count). The number of amides is 1. The molecule has 0 saturated carbocycles. The second-order valence-corrected chi connectivity index (χ2v) is 6.09. The molecule has 0 bridgehead atoms. The number of benzene rings is 1. The Labute approximate surface area is 129 Å². The van der Waals surface area contributed by atoms with Crippen LogP contribution >= 0.6 is 11.3 Å². The van der Waals surface area contributed by atoms with Crippen LogP contribution in [-0.2, 0) is 6.42 Å². The van der Waals surface area contributed by atoms with Gasteiger partial charge >= 0.3 is 0 Å². The molecule has 1 amide bonds. The second-order valence-electron chi connectivity index (χ2n) is 4.89. The molecule has 2 N–H and O–H groups in total. The molecule has 0 unspecified atom stereocenters. The van der Waals surface area contributed by atoms with E-state index in [-0.39, 0.29) is 5.91 Å². The molecule has 1 heterocycles. The fourth-order valence-electron chi connectivity index (χ4n) is 2.17. The third-order valence-corrected chi connectivity index (χ3v) is 4.23. The van der Waals surface area contributed by atoms with Crippen LogP contribution < -0.4 is 10.6 Å². The number of nitrogens with zero attached hydrogens (tertiary/aromatic N) is 1. The van der Waals surface area contributed by atoms with Crippen LogP contribution in [0.4, 0.5) is 10.8 Å². The van der Waals surface area contributed by atoms with Crippen LogP contribution in [-0.4, -0.2) is 17.4 Å². The van der Waals surface area contributed by atoms with E-state index in [4.69, 9.17) is 0 Å². The predicted molar refractivity (Wildman–Crippen MR) is 89.5 cm³/mol. The highest BCUT2D eigenvalue weighted by Gasteiger charge is 2.12. The van der Waals surface area contributed by atoms with E-state index in [2.05, 4.69) is 29.5 Å². The van der Waals surface area contributed by atoms with Gasteiger partial charge in [-0.3, -0.25) is 10.1 Å². The molecule has 0 saturated heterocycles. The van der Waals surface area contributed by atoms with Crippen LogP contribution in [0, 0.1) is 13.8 Å². The van der Waals surface area contributed by atoms with Crippen molar-refractivity contribution in [2.75, 3.05) is 17.2 Å². The van der Waals surface area contributed by atoms with Gasteiger partial charge in [0.2, 0.25) is 0 Å². The molecule has 0 aliphatic carbocycles. The number of aromatic nitrogens is 1. The Morgan fingerprint density at radius 2 is 2.05 bits per heavy atom. The zero-order valence-corrected chi connectivity index (χ0v) is 13.7. The number of hydrogen-bond acceptors (Lipinski definition) is 4. The predicted octanol–water partition coefficient (Wildman–Crippen LogP) is 4.01. The summed E-state index contributed by atoms with van der Waals surface area (Å²) < 4.78 is 0. The Kier molecular flexibility index (Phi) is 4.96. The first kappa shape index (κ1) is 15.5. The summed E-state index contributed by atoms with van der Waals surface area (Å²) in [6, 6.07) is 5.67. The highest BCUT2D eigenvalue weighted by molar-refractivity contribution is 7.15. The van der Waals surface area contributed by atoms with Gasteiger partial charge in [0, 0.05) is 22.7 Å². The van der Waals surface area contributed by atoms with E-state index in [0.717, 1.165) is 34.8 Å². The zero-order chi connectivity index (χ0) is 15.4. The standard InChI is InChI=1S/C16H21N3OS/c1-5-13-11(4)21-16(18-13)19-15(20)12-7-8-14(17-6-2)10(3)9-12/h7-9,17H,5-6H2,1-4H3,(H,18,19,20). The lowest BCUT2D eigenvalue weighted by atomic mass is 10.1. The highest BCUT2D eigenvalue weighted by Crippen LogP contribution is 2.23. The summed E-state index contributed by atoms with van der Waals surface area (Å²) in [6.07, 6.45) is 0.884. The Bertz CT molecular complexity index is 649. The third kappa shape index (κ3) is 3.61. The van der Waals surface area contributed by atoms with Crippen molar-refractivity contribution in [3.63, 3.8) is 0 Å². The maximum Gasteiger partial charge on any atom is 0.257 e. The van der Waals surface area contributed by atoms with Gasteiger partial charge in [0.25, 0.3) is 5.91 Å². The van der Waals surface area contributed by atoms with Crippen molar-refractivity contribution < 1.29 is 4.79 Å². The van der Waals surface area contributed by atoms with E-state index in [9.17, 15) is 4.79 Å². The summed E-state index contributed by atoms with van der Waals surface area (Å²) in [6.45, 7) is 9.01. The molecule has 5 heteroatoms. The van der Waals surface area contributed by atoms with Crippen molar-refractivity contribution in [3.8, 4) is 0 Å². The van der Waals surface area contributed by atoms with Crippen LogP contribution in [0.25, 0.3) is 0 Å². The minimum Gasteiger partial charge on any atom is -0.385 e. The van der Waals surface area contributed by atoms with Gasteiger partial charge in [0.05, 0.1) is 5.69 Å². The molecule has 4 nitrogen and oxygen atoms in total. The van der Waals surface area contributed by atoms with E-state index in [0.29, 0.717) is 10.7 Å². The van der Waals surface area contributed by atoms with Crippen LogP contribution in [0.3, 0.4) is 0 Å². The van der Waals surface area contributed by atoms with Crippen LogP contribution in [0.15, 0.2) is 18.2 Å². The van der Waals surface area contributed by atoms with E-state index >= 15 is 0 Å². The SMILES string of the molecule is CCNc1ccc(C(=O)Nc2nc(CC)c(C)s2)cc1C. The first-order chi connectivity index (χ1) is 10.0. The molecule has 0 atom stereocenters. The molecule has 0 fully saturated rings. The monoisotopic (exact) mass is 303 g/mol. The highest BCUT2D eigenvalue weighted by atomic mass is 32.1. The molecule has 0 radical (unpaired) electrons. The Morgan fingerprint density at radius 1 is 1.29 bits per heavy atom. The van der Waals surface area contributed by atoms with E-state index in [1.165, 1.54) is 11.3 Å². The topological polar surface area (TPSA) is 54.0 Å². The van der Waals surface area contributed by atoms with Gasteiger partial charge in [0.15, 0.2) is 5.13 Å². The number of carbonyl (C=O) groups is 1. The van der Waals surface area contributed by atoms with Crippen molar-refractivity contribution in [1.82, 2.24) is 4.98 Å². The molecule has 112 valence electrons. The number of anilines is 2. The number of thiazole rings is 1. The Balaban J connectivity index is 2.14. The number of nitrogens with one attached hydrogen (secondary N) is 2. The number of aryl methyl sites for hydroxylation is 3. The van der Waals surface area contributed by atoms with Gasteiger partial charge in [-0.15, -0.1) is 11.3 Å². The average Bonchev–Trinajstić information content (AvgIpc) is 2.81. The fourth-order valence-corrected chi connectivity index (χ4v) is 3.07. The molecular formula is C16H21N3OS. The first-order valence-electron chi connectivity index (χ1n) is 7.17. The third-order valence-electron chi connectivity index (χ3n) is 3.30. The molecule has 2 aromatic rings. The Morgan fingerprint density at radius 3 is 2.62 bits per heavy atom.